The van der Waals surface area contributed by atoms with E-state index < -0.39 is 12.1 Å². The fourth-order valence-electron chi connectivity index (χ4n) is 5.89. The lowest BCUT2D eigenvalue weighted by molar-refractivity contribution is -0.118. The predicted octanol–water partition coefficient (Wildman–Crippen LogP) is 8.89. The summed E-state index contributed by atoms with van der Waals surface area (Å²) in [5.74, 6) is 0.887. The van der Waals surface area contributed by atoms with Crippen LogP contribution in [0.2, 0.25) is 0 Å². The number of Topliss-reactive ketones (excluding diaryl/α,β-unsaturated/α-hetero) is 1. The van der Waals surface area contributed by atoms with Crippen LogP contribution in [0.25, 0.3) is 0 Å². The molecule has 0 unspecified atom stereocenters. The minimum absolute atomic E-state index is 0.0117. The van der Waals surface area contributed by atoms with Gasteiger partial charge in [0, 0.05) is 35.6 Å². The van der Waals surface area contributed by atoms with Crippen LogP contribution in [0, 0.1) is 18.3 Å². The van der Waals surface area contributed by atoms with E-state index in [9.17, 15) is 18.9 Å². The van der Waals surface area contributed by atoms with E-state index in [2.05, 4.69) is 21.3 Å². The largest absolute Gasteiger partial charge is 0.374 e. The Bertz CT molecular complexity index is 1830. The van der Waals surface area contributed by atoms with E-state index in [1.807, 2.05) is 24.3 Å². The van der Waals surface area contributed by atoms with Crippen molar-refractivity contribution < 1.29 is 23.3 Å². The van der Waals surface area contributed by atoms with Crippen LogP contribution in [-0.4, -0.2) is 23.8 Å². The third-order valence-electron chi connectivity index (χ3n) is 8.33. The summed E-state index contributed by atoms with van der Waals surface area (Å²) in [4.78, 5) is 38.1. The lowest BCUT2D eigenvalue weighted by atomic mass is 9.97. The molecule has 0 aromatic heterocycles. The van der Waals surface area contributed by atoms with Gasteiger partial charge in [0.1, 0.15) is 5.78 Å². The fraction of sp³-hybridized carbons (Fsp3) is 0.243. The SMILES string of the molecule is Cc1cccc(N(NF)C(=O)N(F)c2cccc(NC(=O)Nc3cccc(NC(=N)Nc4cccc(CC(=O)CCC5CCCC5)c4)c3)c2)c1. The number of rotatable bonds is 12. The predicted molar refractivity (Wildman–Crippen MR) is 194 cm³/mol. The highest BCUT2D eigenvalue weighted by atomic mass is 19.2. The molecule has 0 bridgehead atoms. The van der Waals surface area contributed by atoms with E-state index in [-0.39, 0.29) is 33.9 Å². The van der Waals surface area contributed by atoms with Gasteiger partial charge in [0.25, 0.3) is 0 Å². The zero-order valence-corrected chi connectivity index (χ0v) is 27.6. The Balaban J connectivity index is 1.12. The lowest BCUT2D eigenvalue weighted by Gasteiger charge is -2.22. The van der Waals surface area contributed by atoms with Gasteiger partial charge in [-0.15, -0.1) is 9.60 Å². The summed E-state index contributed by atoms with van der Waals surface area (Å²) in [6.45, 7) is 1.75. The number of benzene rings is 4. The van der Waals surface area contributed by atoms with E-state index in [1.54, 1.807) is 43.3 Å². The van der Waals surface area contributed by atoms with Crippen molar-refractivity contribution in [1.29, 1.82) is 5.41 Å². The van der Waals surface area contributed by atoms with Gasteiger partial charge >= 0.3 is 12.1 Å². The summed E-state index contributed by atoms with van der Waals surface area (Å²) in [5.41, 5.74) is 4.44. The number of halogens is 2. The van der Waals surface area contributed by atoms with E-state index in [0.29, 0.717) is 40.8 Å². The van der Waals surface area contributed by atoms with Crippen molar-refractivity contribution in [3.8, 4) is 0 Å². The molecule has 1 saturated carbocycles. The molecule has 0 atom stereocenters. The Morgan fingerprint density at radius 1 is 0.760 bits per heavy atom. The molecule has 0 heterocycles. The number of guanidine groups is 1. The number of carbonyl (C=O) groups excluding carboxylic acids is 3. The minimum Gasteiger partial charge on any atom is -0.326 e. The number of ketones is 1. The van der Waals surface area contributed by atoms with Crippen LogP contribution in [0.1, 0.15) is 49.7 Å². The number of nitrogens with one attached hydrogen (secondary N) is 6. The zero-order chi connectivity index (χ0) is 35.5. The van der Waals surface area contributed by atoms with E-state index >= 15 is 4.48 Å². The molecule has 260 valence electrons. The van der Waals surface area contributed by atoms with Crippen molar-refractivity contribution >= 4 is 57.9 Å². The van der Waals surface area contributed by atoms with Gasteiger partial charge in [-0.2, -0.15) is 5.01 Å². The number of carbonyl (C=O) groups is 3. The average molecular weight is 683 g/mol. The highest BCUT2D eigenvalue weighted by molar-refractivity contribution is 6.04. The number of amides is 4. The number of hydrogen-bond acceptors (Lipinski definition) is 5. The second-order valence-electron chi connectivity index (χ2n) is 12.3. The van der Waals surface area contributed by atoms with Crippen LogP contribution < -0.4 is 37.0 Å². The molecule has 4 aromatic carbocycles. The van der Waals surface area contributed by atoms with Crippen LogP contribution in [0.3, 0.4) is 0 Å². The normalized spacial score (nSPS) is 12.5. The first-order valence-electron chi connectivity index (χ1n) is 16.4. The molecule has 0 spiro atoms. The molecule has 4 aromatic rings. The third kappa shape index (κ3) is 10.1. The summed E-state index contributed by atoms with van der Waals surface area (Å²) in [7, 11) is 0. The van der Waals surface area contributed by atoms with Crippen molar-refractivity contribution in [2.24, 2.45) is 5.92 Å². The van der Waals surface area contributed by atoms with Crippen LogP contribution in [0.15, 0.2) is 97.1 Å². The van der Waals surface area contributed by atoms with Gasteiger partial charge in [0.2, 0.25) is 0 Å². The fourth-order valence-corrected chi connectivity index (χ4v) is 5.89. The zero-order valence-electron chi connectivity index (χ0n) is 27.6. The Kier molecular flexibility index (Phi) is 12.1. The van der Waals surface area contributed by atoms with Gasteiger partial charge < -0.3 is 21.3 Å². The molecule has 6 N–H and O–H groups in total. The number of hydrogen-bond donors (Lipinski definition) is 6. The molecule has 0 radical (unpaired) electrons. The molecule has 0 aliphatic heterocycles. The first kappa shape index (κ1) is 35.5. The van der Waals surface area contributed by atoms with Crippen LogP contribution in [0.4, 0.5) is 52.7 Å². The molecule has 13 heteroatoms. The van der Waals surface area contributed by atoms with E-state index in [4.69, 9.17) is 5.41 Å². The van der Waals surface area contributed by atoms with Gasteiger partial charge in [0.15, 0.2) is 5.96 Å². The number of urea groups is 2. The molecule has 11 nitrogen and oxygen atoms in total. The molecule has 1 aliphatic rings. The van der Waals surface area contributed by atoms with Crippen molar-refractivity contribution in [3.63, 3.8) is 0 Å². The van der Waals surface area contributed by atoms with Crippen molar-refractivity contribution in [2.75, 3.05) is 31.4 Å². The third-order valence-corrected chi connectivity index (χ3v) is 8.33. The van der Waals surface area contributed by atoms with Gasteiger partial charge in [-0.05, 0) is 91.1 Å². The standard InChI is InChI=1S/C37H40F2N8O3/c1-25-8-4-17-33(20-25)47(45-38)37(50)46(39)32-16-7-15-31(24-32)44-36(49)43-30-14-6-13-29(23-30)42-35(40)41-28-12-5-11-27(21-28)22-34(48)19-18-26-9-2-3-10-26/h4-8,11-17,20-21,23-24,26,45H,2-3,9-10,18-19,22H2,1H3,(H3,40,41,42)(H2,43,44,49). The molecule has 5 rings (SSSR count). The van der Waals surface area contributed by atoms with E-state index in [1.165, 1.54) is 67.7 Å². The van der Waals surface area contributed by atoms with Gasteiger partial charge in [0.05, 0.1) is 11.4 Å². The maximum absolute atomic E-state index is 15.1. The number of hydrazine groups is 1. The van der Waals surface area contributed by atoms with Crippen LogP contribution >= 0.6 is 0 Å². The summed E-state index contributed by atoms with van der Waals surface area (Å²) in [6, 6.07) is 23.9. The highest BCUT2D eigenvalue weighted by Crippen LogP contribution is 2.29. The molecule has 1 fully saturated rings. The van der Waals surface area contributed by atoms with Crippen molar-refractivity contribution in [2.45, 2.75) is 51.9 Å². The highest BCUT2D eigenvalue weighted by Gasteiger charge is 2.25. The first-order valence-corrected chi connectivity index (χ1v) is 16.4. The number of anilines is 6. The maximum atomic E-state index is 15.1. The van der Waals surface area contributed by atoms with Crippen molar-refractivity contribution in [1.82, 2.24) is 5.65 Å². The minimum atomic E-state index is -1.34. The molecule has 0 saturated heterocycles. The lowest BCUT2D eigenvalue weighted by Crippen LogP contribution is -2.45. The smallest absolute Gasteiger partial charge is 0.326 e. The first-order chi connectivity index (χ1) is 24.2. The van der Waals surface area contributed by atoms with Crippen LogP contribution in [-0.2, 0) is 11.2 Å². The molecule has 4 amide bonds. The monoisotopic (exact) mass is 682 g/mol. The summed E-state index contributed by atoms with van der Waals surface area (Å²) < 4.78 is 28.6. The quantitative estimate of drug-likeness (QED) is 0.0382. The summed E-state index contributed by atoms with van der Waals surface area (Å²) in [5, 5.41) is 19.8. The molecular formula is C37H40F2N8O3. The average Bonchev–Trinajstić information content (AvgIpc) is 3.62. The molecular weight excluding hydrogens is 642 g/mol. The van der Waals surface area contributed by atoms with Gasteiger partial charge in [-0.25, -0.2) is 9.59 Å². The molecule has 1 aliphatic carbocycles. The Morgan fingerprint density at radius 3 is 2.02 bits per heavy atom. The van der Waals surface area contributed by atoms with Crippen LogP contribution in [0.5, 0.6) is 0 Å². The number of nitrogens with zero attached hydrogens (tertiary/aromatic N) is 2. The van der Waals surface area contributed by atoms with Gasteiger partial charge in [-0.3, -0.25) is 10.2 Å². The second-order valence-corrected chi connectivity index (χ2v) is 12.3. The maximum Gasteiger partial charge on any atom is 0.374 e. The van der Waals surface area contributed by atoms with Crippen molar-refractivity contribution in [3.05, 3.63) is 108 Å². The van der Waals surface area contributed by atoms with E-state index in [0.717, 1.165) is 17.5 Å². The Hall–Kier alpha value is -5.82. The Labute approximate surface area is 289 Å². The van der Waals surface area contributed by atoms with Gasteiger partial charge in [-0.1, -0.05) is 72.2 Å². The summed E-state index contributed by atoms with van der Waals surface area (Å²) in [6.07, 6.45) is 6.90. The Morgan fingerprint density at radius 2 is 1.34 bits per heavy atom. The molecule has 50 heavy (non-hydrogen) atoms. The second kappa shape index (κ2) is 17.0. The summed E-state index contributed by atoms with van der Waals surface area (Å²) >= 11 is 0. The number of aryl methyl sites for hydroxylation is 1. The topological polar surface area (TPSA) is 142 Å².